The van der Waals surface area contributed by atoms with Crippen LogP contribution in [0.4, 0.5) is 4.79 Å². The van der Waals surface area contributed by atoms with E-state index in [4.69, 9.17) is 4.74 Å². The maximum absolute atomic E-state index is 10.8. The molecule has 0 saturated heterocycles. The molecule has 1 fully saturated rings. The van der Waals surface area contributed by atoms with E-state index in [-0.39, 0.29) is 11.7 Å². The maximum atomic E-state index is 10.8. The molecule has 1 aliphatic carbocycles. The topological polar surface area (TPSA) is 38.3 Å². The number of amides is 1. The fourth-order valence-corrected chi connectivity index (χ4v) is 1.95. The molecule has 2 atom stereocenters. The molecule has 1 N–H and O–H groups in total. The summed E-state index contributed by atoms with van der Waals surface area (Å²) in [5.74, 6) is 0.485. The number of nitrogens with one attached hydrogen (secondary N) is 1. The van der Waals surface area contributed by atoms with Crippen LogP contribution in [0.5, 0.6) is 0 Å². The van der Waals surface area contributed by atoms with Gasteiger partial charge in [0.1, 0.15) is 5.60 Å². The summed E-state index contributed by atoms with van der Waals surface area (Å²) in [4.78, 5) is 10.8. The van der Waals surface area contributed by atoms with Crippen molar-refractivity contribution in [3.05, 3.63) is 0 Å². The molecule has 0 aromatic heterocycles. The Morgan fingerprint density at radius 1 is 1.91 bits per heavy atom. The summed E-state index contributed by atoms with van der Waals surface area (Å²) < 4.78 is 5.16. The van der Waals surface area contributed by atoms with Crippen LogP contribution in [0.2, 0.25) is 0 Å². The number of alkyl halides is 1. The van der Waals surface area contributed by atoms with Crippen LogP contribution in [-0.4, -0.2) is 24.1 Å². The predicted octanol–water partition coefficient (Wildman–Crippen LogP) is 1.52. The third-order valence-electron chi connectivity index (χ3n) is 2.12. The number of rotatable bonds is 2. The van der Waals surface area contributed by atoms with Crippen LogP contribution in [0, 0.1) is 5.92 Å². The Hall–Kier alpha value is -0.250. The average Bonchev–Trinajstić information content (AvgIpc) is 2.62. The van der Waals surface area contributed by atoms with E-state index >= 15 is 0 Å². The predicted molar refractivity (Wildman–Crippen MR) is 45.8 cm³/mol. The number of carbonyl (C=O) groups is 1. The van der Waals surface area contributed by atoms with E-state index in [0.29, 0.717) is 5.92 Å². The molecule has 1 rings (SSSR count). The molecule has 1 amide bonds. The monoisotopic (exact) mass is 221 g/mol. The van der Waals surface area contributed by atoms with E-state index in [1.54, 1.807) is 7.05 Å². The van der Waals surface area contributed by atoms with Crippen molar-refractivity contribution >= 4 is 22.0 Å². The number of carbonyl (C=O) groups excluding carboxylic acids is 1. The van der Waals surface area contributed by atoms with Crippen LogP contribution >= 0.6 is 15.9 Å². The number of hydrogen-bond acceptors (Lipinski definition) is 2. The lowest BCUT2D eigenvalue weighted by atomic mass is 10.3. The van der Waals surface area contributed by atoms with E-state index in [0.717, 1.165) is 11.8 Å². The summed E-state index contributed by atoms with van der Waals surface area (Å²) >= 11 is 3.33. The molecule has 0 heterocycles. The van der Waals surface area contributed by atoms with Gasteiger partial charge in [-0.25, -0.2) is 4.79 Å². The fourth-order valence-electron chi connectivity index (χ4n) is 1.05. The fraction of sp³-hybridized carbons (Fsp3) is 0.857. The minimum atomic E-state index is -0.339. The van der Waals surface area contributed by atoms with Crippen LogP contribution in [-0.2, 0) is 4.74 Å². The van der Waals surface area contributed by atoms with Gasteiger partial charge in [-0.2, -0.15) is 0 Å². The number of alkyl carbamates (subject to hydrolysis) is 1. The molecule has 11 heavy (non-hydrogen) atoms. The van der Waals surface area contributed by atoms with Crippen LogP contribution in [0.15, 0.2) is 0 Å². The molecule has 1 aliphatic rings. The zero-order valence-corrected chi connectivity index (χ0v) is 8.27. The molecule has 1 saturated carbocycles. The zero-order valence-electron chi connectivity index (χ0n) is 6.69. The lowest BCUT2D eigenvalue weighted by Gasteiger charge is -2.13. The first kappa shape index (κ1) is 8.84. The van der Waals surface area contributed by atoms with E-state index in [9.17, 15) is 4.79 Å². The Morgan fingerprint density at radius 2 is 2.45 bits per heavy atom. The third-order valence-corrected chi connectivity index (χ3v) is 3.07. The van der Waals surface area contributed by atoms with Crippen molar-refractivity contribution in [2.24, 2.45) is 5.92 Å². The highest BCUT2D eigenvalue weighted by molar-refractivity contribution is 9.09. The lowest BCUT2D eigenvalue weighted by molar-refractivity contribution is 0.0902. The largest absolute Gasteiger partial charge is 0.442 e. The summed E-state index contributed by atoms with van der Waals surface area (Å²) in [6.45, 7) is 2.07. The van der Waals surface area contributed by atoms with E-state index in [2.05, 4.69) is 28.2 Å². The Balaban J connectivity index is 2.41. The maximum Gasteiger partial charge on any atom is 0.407 e. The molecule has 3 nitrogen and oxygen atoms in total. The highest BCUT2D eigenvalue weighted by Gasteiger charge is 2.54. The second kappa shape index (κ2) is 3.01. The summed E-state index contributed by atoms with van der Waals surface area (Å²) in [5, 5.41) is 3.16. The van der Waals surface area contributed by atoms with Crippen molar-refractivity contribution in [2.75, 3.05) is 12.4 Å². The molecule has 0 unspecified atom stereocenters. The van der Waals surface area contributed by atoms with Crippen LogP contribution in [0.3, 0.4) is 0 Å². The summed E-state index contributed by atoms with van der Waals surface area (Å²) in [6, 6.07) is 0. The van der Waals surface area contributed by atoms with Crippen molar-refractivity contribution in [3.8, 4) is 0 Å². The molecule has 0 bridgehead atoms. The zero-order chi connectivity index (χ0) is 8.48. The van der Waals surface area contributed by atoms with Gasteiger partial charge >= 0.3 is 6.09 Å². The van der Waals surface area contributed by atoms with E-state index in [1.165, 1.54) is 0 Å². The van der Waals surface area contributed by atoms with E-state index < -0.39 is 0 Å². The van der Waals surface area contributed by atoms with Crippen molar-refractivity contribution < 1.29 is 9.53 Å². The summed E-state index contributed by atoms with van der Waals surface area (Å²) in [7, 11) is 1.57. The van der Waals surface area contributed by atoms with Crippen LogP contribution in [0.25, 0.3) is 0 Å². The first-order valence-electron chi connectivity index (χ1n) is 3.61. The normalized spacial score (nSPS) is 34.6. The standard InChI is InChI=1S/C7H12BrNO2/c1-5-3-7(5,4-8)11-6(10)9-2/h5H,3-4H2,1-2H3,(H,9,10)/t5-,7+/m1/s1. The average molecular weight is 222 g/mol. The van der Waals surface area contributed by atoms with Crippen molar-refractivity contribution in [1.29, 1.82) is 0 Å². The van der Waals surface area contributed by atoms with Gasteiger partial charge in [-0.1, -0.05) is 22.9 Å². The quantitative estimate of drug-likeness (QED) is 0.719. The van der Waals surface area contributed by atoms with Gasteiger partial charge in [0.25, 0.3) is 0 Å². The molecular weight excluding hydrogens is 210 g/mol. The number of hydrogen-bond donors (Lipinski definition) is 1. The van der Waals surface area contributed by atoms with Gasteiger partial charge in [0, 0.05) is 18.3 Å². The van der Waals surface area contributed by atoms with Gasteiger partial charge in [0.2, 0.25) is 0 Å². The highest BCUT2D eigenvalue weighted by atomic mass is 79.9. The third kappa shape index (κ3) is 1.67. The SMILES string of the molecule is CNC(=O)O[C@]1(CBr)C[C@H]1C. The van der Waals surface area contributed by atoms with Gasteiger partial charge < -0.3 is 10.1 Å². The molecule has 4 heteroatoms. The van der Waals surface area contributed by atoms with Gasteiger partial charge in [-0.05, 0) is 6.42 Å². The molecule has 0 spiro atoms. The molecule has 64 valence electrons. The van der Waals surface area contributed by atoms with Crippen LogP contribution in [0.1, 0.15) is 13.3 Å². The molecule has 0 aliphatic heterocycles. The van der Waals surface area contributed by atoms with Crippen molar-refractivity contribution in [3.63, 3.8) is 0 Å². The molecule has 0 aromatic carbocycles. The van der Waals surface area contributed by atoms with Crippen molar-refractivity contribution in [2.45, 2.75) is 18.9 Å². The smallest absolute Gasteiger partial charge is 0.407 e. The number of ether oxygens (including phenoxy) is 1. The van der Waals surface area contributed by atoms with Gasteiger partial charge in [-0.3, -0.25) is 0 Å². The Bertz CT molecular complexity index is 170. The van der Waals surface area contributed by atoms with Crippen LogP contribution < -0.4 is 5.32 Å². The molecule has 0 radical (unpaired) electrons. The highest BCUT2D eigenvalue weighted by Crippen LogP contribution is 2.47. The summed E-state index contributed by atoms with van der Waals surface area (Å²) in [5.41, 5.74) is -0.222. The molecule has 0 aromatic rings. The van der Waals surface area contributed by atoms with Crippen molar-refractivity contribution in [1.82, 2.24) is 5.32 Å². The van der Waals surface area contributed by atoms with E-state index in [1.807, 2.05) is 0 Å². The Morgan fingerprint density at radius 3 is 2.73 bits per heavy atom. The minimum Gasteiger partial charge on any atom is -0.442 e. The Kier molecular flexibility index (Phi) is 2.42. The van der Waals surface area contributed by atoms with Gasteiger partial charge in [0.05, 0.1) is 0 Å². The first-order valence-corrected chi connectivity index (χ1v) is 4.73. The number of halogens is 1. The second-order valence-electron chi connectivity index (χ2n) is 2.94. The first-order chi connectivity index (χ1) is 5.14. The Labute approximate surface area is 74.6 Å². The lowest BCUT2D eigenvalue weighted by Crippen LogP contribution is -2.29. The van der Waals surface area contributed by atoms with Gasteiger partial charge in [-0.15, -0.1) is 0 Å². The molecular formula is C7H12BrNO2. The summed E-state index contributed by atoms with van der Waals surface area (Å²) in [6.07, 6.45) is 0.625. The van der Waals surface area contributed by atoms with Gasteiger partial charge in [0.15, 0.2) is 0 Å². The minimum absolute atomic E-state index is 0.222. The second-order valence-corrected chi connectivity index (χ2v) is 3.50.